The lowest BCUT2D eigenvalue weighted by molar-refractivity contribution is -0.142. The van der Waals surface area contributed by atoms with Crippen molar-refractivity contribution in [3.63, 3.8) is 0 Å². The number of hydrogen-bond acceptors (Lipinski definition) is 3. The number of nitrogens with one attached hydrogen (secondary N) is 1. The minimum atomic E-state index is -1.02. The van der Waals surface area contributed by atoms with E-state index in [-0.39, 0.29) is 5.91 Å². The Labute approximate surface area is 176 Å². The van der Waals surface area contributed by atoms with Gasteiger partial charge in [0.2, 0.25) is 5.91 Å². The first kappa shape index (κ1) is 20.9. The van der Waals surface area contributed by atoms with Crippen LogP contribution in [-0.2, 0) is 22.4 Å². The van der Waals surface area contributed by atoms with Gasteiger partial charge in [0.1, 0.15) is 6.04 Å². The van der Waals surface area contributed by atoms with E-state index in [1.54, 1.807) is 0 Å². The number of carboxylic acids is 1. The average Bonchev–Trinajstić information content (AvgIpc) is 2.75. The first-order valence-corrected chi connectivity index (χ1v) is 10.4. The third kappa shape index (κ3) is 5.84. The molecule has 0 aromatic heterocycles. The molecule has 150 valence electrons. The van der Waals surface area contributed by atoms with Crippen molar-refractivity contribution in [2.75, 3.05) is 5.75 Å². The van der Waals surface area contributed by atoms with Crippen LogP contribution in [0.25, 0.3) is 10.8 Å². The van der Waals surface area contributed by atoms with Crippen molar-refractivity contribution >= 4 is 35.3 Å². The van der Waals surface area contributed by atoms with Gasteiger partial charge in [0.05, 0.1) is 5.92 Å². The summed E-state index contributed by atoms with van der Waals surface area (Å²) in [5, 5.41) is 14.5. The Morgan fingerprint density at radius 3 is 2.28 bits per heavy atom. The minimum absolute atomic E-state index is 0.270. The topological polar surface area (TPSA) is 66.4 Å². The van der Waals surface area contributed by atoms with Crippen LogP contribution < -0.4 is 5.32 Å². The molecule has 1 unspecified atom stereocenters. The Hall–Kier alpha value is -2.79. The van der Waals surface area contributed by atoms with Crippen LogP contribution in [0.2, 0.25) is 0 Å². The van der Waals surface area contributed by atoms with Crippen molar-refractivity contribution in [2.45, 2.75) is 25.3 Å². The number of carbonyl (C=O) groups is 2. The summed E-state index contributed by atoms with van der Waals surface area (Å²) in [6.45, 7) is 0. The van der Waals surface area contributed by atoms with E-state index in [9.17, 15) is 14.7 Å². The lowest BCUT2D eigenvalue weighted by Gasteiger charge is -2.19. The third-order valence-electron chi connectivity index (χ3n) is 5.07. The largest absolute Gasteiger partial charge is 0.480 e. The van der Waals surface area contributed by atoms with Gasteiger partial charge in [-0.05, 0) is 41.2 Å². The maximum Gasteiger partial charge on any atom is 0.326 e. The highest BCUT2D eigenvalue weighted by Gasteiger charge is 2.24. The fraction of sp³-hybridized carbons (Fsp3) is 0.250. The van der Waals surface area contributed by atoms with Gasteiger partial charge in [0.25, 0.3) is 0 Å². The molecule has 1 amide bonds. The second-order valence-electron chi connectivity index (χ2n) is 7.19. The summed E-state index contributed by atoms with van der Waals surface area (Å²) in [7, 11) is 0. The number of thiol groups is 1. The van der Waals surface area contributed by atoms with Gasteiger partial charge in [-0.3, -0.25) is 4.79 Å². The molecule has 3 aromatic rings. The zero-order valence-corrected chi connectivity index (χ0v) is 17.0. The van der Waals surface area contributed by atoms with Crippen LogP contribution in [0.15, 0.2) is 72.8 Å². The summed E-state index contributed by atoms with van der Waals surface area (Å²) in [5.41, 5.74) is 2.09. The van der Waals surface area contributed by atoms with Crippen LogP contribution in [0.3, 0.4) is 0 Å². The van der Waals surface area contributed by atoms with Crippen LogP contribution >= 0.6 is 12.6 Å². The van der Waals surface area contributed by atoms with E-state index in [4.69, 9.17) is 0 Å². The van der Waals surface area contributed by atoms with Crippen molar-refractivity contribution in [1.29, 1.82) is 0 Å². The smallest absolute Gasteiger partial charge is 0.326 e. The molecule has 0 radical (unpaired) electrons. The number of amides is 1. The van der Waals surface area contributed by atoms with E-state index < -0.39 is 17.9 Å². The van der Waals surface area contributed by atoms with Crippen LogP contribution in [0.5, 0.6) is 0 Å². The molecule has 0 saturated carbocycles. The molecular formula is C24H25NO3S. The Balaban J connectivity index is 1.64. The number of aryl methyl sites for hydroxylation is 1. The molecule has 5 heteroatoms. The first-order valence-electron chi connectivity index (χ1n) is 9.72. The number of carbonyl (C=O) groups excluding carboxylic acids is 1. The highest BCUT2D eigenvalue weighted by Crippen LogP contribution is 2.19. The zero-order chi connectivity index (χ0) is 20.6. The molecule has 4 nitrogen and oxygen atoms in total. The second kappa shape index (κ2) is 10.1. The standard InChI is InChI=1S/C24H25NO3S/c26-23(25-22(24(27)28)13-11-17-6-2-1-3-7-17)21(16-29)15-18-10-12-19-8-4-5-9-20(19)14-18/h1-10,12,14,21-22,29H,11,13,15-16H2,(H,25,26)(H,27,28)/t21?,22-/m1/s1. The van der Waals surface area contributed by atoms with E-state index in [0.29, 0.717) is 25.0 Å². The molecule has 0 saturated heterocycles. The number of aliphatic carboxylic acids is 1. The van der Waals surface area contributed by atoms with Gasteiger partial charge < -0.3 is 10.4 Å². The number of fused-ring (bicyclic) bond motifs is 1. The van der Waals surface area contributed by atoms with Crippen molar-refractivity contribution in [1.82, 2.24) is 5.32 Å². The van der Waals surface area contributed by atoms with E-state index in [1.165, 1.54) is 0 Å². The summed E-state index contributed by atoms with van der Waals surface area (Å²) in [6, 6.07) is 22.9. The monoisotopic (exact) mass is 407 g/mol. The quantitative estimate of drug-likeness (QED) is 0.467. The van der Waals surface area contributed by atoms with Gasteiger partial charge in [-0.15, -0.1) is 0 Å². The zero-order valence-electron chi connectivity index (χ0n) is 16.1. The molecule has 0 spiro atoms. The van der Waals surface area contributed by atoms with Gasteiger partial charge in [-0.1, -0.05) is 72.8 Å². The Morgan fingerprint density at radius 1 is 0.897 bits per heavy atom. The van der Waals surface area contributed by atoms with Crippen LogP contribution in [0.1, 0.15) is 17.5 Å². The van der Waals surface area contributed by atoms with Gasteiger partial charge >= 0.3 is 5.97 Å². The SMILES string of the molecule is O=C(N[C@H](CCc1ccccc1)C(=O)O)C(CS)Cc1ccc2ccccc2c1. The van der Waals surface area contributed by atoms with Crippen molar-refractivity contribution in [3.05, 3.63) is 83.9 Å². The van der Waals surface area contributed by atoms with Gasteiger partial charge in [0, 0.05) is 5.75 Å². The van der Waals surface area contributed by atoms with Crippen LogP contribution in [0, 0.1) is 5.92 Å². The molecule has 0 heterocycles. The molecule has 0 aliphatic carbocycles. The van der Waals surface area contributed by atoms with Gasteiger partial charge in [0.15, 0.2) is 0 Å². The van der Waals surface area contributed by atoms with Crippen molar-refractivity contribution in [2.24, 2.45) is 5.92 Å². The van der Waals surface area contributed by atoms with Crippen molar-refractivity contribution in [3.8, 4) is 0 Å². The highest BCUT2D eigenvalue weighted by molar-refractivity contribution is 7.80. The molecule has 2 N–H and O–H groups in total. The molecule has 29 heavy (non-hydrogen) atoms. The normalized spacial score (nSPS) is 13.0. The summed E-state index contributed by atoms with van der Waals surface area (Å²) in [6.07, 6.45) is 1.46. The predicted octanol–water partition coefficient (Wildman–Crippen LogP) is 4.13. The first-order chi connectivity index (χ1) is 14.1. The summed E-state index contributed by atoms with van der Waals surface area (Å²) in [5.74, 6) is -1.33. The summed E-state index contributed by atoms with van der Waals surface area (Å²) in [4.78, 5) is 24.4. The predicted molar refractivity (Wildman–Crippen MR) is 119 cm³/mol. The van der Waals surface area contributed by atoms with Crippen LogP contribution in [-0.4, -0.2) is 28.8 Å². The van der Waals surface area contributed by atoms with Crippen molar-refractivity contribution < 1.29 is 14.7 Å². The molecule has 0 aliphatic heterocycles. The Bertz CT molecular complexity index is 974. The lowest BCUT2D eigenvalue weighted by Crippen LogP contribution is -2.44. The number of benzene rings is 3. The number of carboxylic acid groups (broad SMARTS) is 1. The van der Waals surface area contributed by atoms with Gasteiger partial charge in [-0.25, -0.2) is 4.79 Å². The molecule has 2 atom stereocenters. The summed E-state index contributed by atoms with van der Waals surface area (Å²) >= 11 is 4.33. The van der Waals surface area contributed by atoms with E-state index in [0.717, 1.165) is 21.9 Å². The fourth-order valence-corrected chi connectivity index (χ4v) is 3.69. The second-order valence-corrected chi connectivity index (χ2v) is 7.55. The average molecular weight is 408 g/mol. The fourth-order valence-electron chi connectivity index (χ4n) is 3.39. The van der Waals surface area contributed by atoms with Gasteiger partial charge in [-0.2, -0.15) is 12.6 Å². The number of hydrogen-bond donors (Lipinski definition) is 3. The van der Waals surface area contributed by atoms with E-state index in [1.807, 2.05) is 66.7 Å². The third-order valence-corrected chi connectivity index (χ3v) is 5.51. The van der Waals surface area contributed by atoms with E-state index >= 15 is 0 Å². The maximum absolute atomic E-state index is 12.7. The summed E-state index contributed by atoms with van der Waals surface area (Å²) < 4.78 is 0. The molecular weight excluding hydrogens is 382 g/mol. The molecule has 3 aromatic carbocycles. The maximum atomic E-state index is 12.7. The Morgan fingerprint density at radius 2 is 1.59 bits per heavy atom. The Kier molecular flexibility index (Phi) is 7.30. The molecule has 0 fully saturated rings. The van der Waals surface area contributed by atoms with Crippen LogP contribution in [0.4, 0.5) is 0 Å². The number of rotatable bonds is 9. The molecule has 0 bridgehead atoms. The minimum Gasteiger partial charge on any atom is -0.480 e. The van der Waals surface area contributed by atoms with E-state index in [2.05, 4.69) is 24.0 Å². The lowest BCUT2D eigenvalue weighted by atomic mass is 9.97. The molecule has 3 rings (SSSR count). The highest BCUT2D eigenvalue weighted by atomic mass is 32.1. The molecule has 0 aliphatic rings.